The van der Waals surface area contributed by atoms with Crippen LogP contribution in [0.5, 0.6) is 0 Å². The second-order valence-electron chi connectivity index (χ2n) is 3.79. The van der Waals surface area contributed by atoms with Gasteiger partial charge in [0, 0.05) is 12.8 Å². The van der Waals surface area contributed by atoms with Crippen molar-refractivity contribution in [1.29, 1.82) is 0 Å². The van der Waals surface area contributed by atoms with Crippen molar-refractivity contribution in [3.8, 4) is 0 Å². The molecule has 1 heterocycles. The SMILES string of the molecule is CC1(CCCC(=O)CC(=O)O)OCCO1. The lowest BCUT2D eigenvalue weighted by molar-refractivity contribution is -0.148. The van der Waals surface area contributed by atoms with Crippen LogP contribution >= 0.6 is 0 Å². The molecule has 86 valence electrons. The van der Waals surface area contributed by atoms with Crippen molar-refractivity contribution < 1.29 is 24.2 Å². The largest absolute Gasteiger partial charge is 0.481 e. The summed E-state index contributed by atoms with van der Waals surface area (Å²) < 4.78 is 10.7. The van der Waals surface area contributed by atoms with Crippen LogP contribution in [0.2, 0.25) is 0 Å². The molecule has 5 nitrogen and oxygen atoms in total. The monoisotopic (exact) mass is 216 g/mol. The van der Waals surface area contributed by atoms with Gasteiger partial charge in [-0.3, -0.25) is 9.59 Å². The highest BCUT2D eigenvalue weighted by molar-refractivity contribution is 5.94. The molecule has 1 aliphatic heterocycles. The fourth-order valence-electron chi connectivity index (χ4n) is 1.56. The van der Waals surface area contributed by atoms with E-state index >= 15 is 0 Å². The van der Waals surface area contributed by atoms with Crippen LogP contribution in [0.15, 0.2) is 0 Å². The number of hydrogen-bond donors (Lipinski definition) is 1. The number of carbonyl (C=O) groups is 2. The fourth-order valence-corrected chi connectivity index (χ4v) is 1.56. The lowest BCUT2D eigenvalue weighted by Gasteiger charge is -2.21. The molecule has 1 fully saturated rings. The molecule has 0 bridgehead atoms. The summed E-state index contributed by atoms with van der Waals surface area (Å²) in [7, 11) is 0. The van der Waals surface area contributed by atoms with Crippen molar-refractivity contribution in [1.82, 2.24) is 0 Å². The van der Waals surface area contributed by atoms with Crippen LogP contribution in [-0.2, 0) is 19.1 Å². The third-order valence-corrected chi connectivity index (χ3v) is 2.33. The molecule has 1 saturated heterocycles. The zero-order valence-electron chi connectivity index (χ0n) is 8.82. The van der Waals surface area contributed by atoms with Gasteiger partial charge in [-0.25, -0.2) is 0 Å². The summed E-state index contributed by atoms with van der Waals surface area (Å²) >= 11 is 0. The summed E-state index contributed by atoms with van der Waals surface area (Å²) in [4.78, 5) is 21.3. The van der Waals surface area contributed by atoms with E-state index in [1.54, 1.807) is 0 Å². The van der Waals surface area contributed by atoms with Gasteiger partial charge in [-0.1, -0.05) is 0 Å². The number of carboxylic acids is 1. The van der Waals surface area contributed by atoms with Crippen molar-refractivity contribution in [3.63, 3.8) is 0 Å². The first-order chi connectivity index (χ1) is 7.02. The highest BCUT2D eigenvalue weighted by Gasteiger charge is 2.30. The average molecular weight is 216 g/mol. The van der Waals surface area contributed by atoms with Crippen molar-refractivity contribution in [2.24, 2.45) is 0 Å². The van der Waals surface area contributed by atoms with Gasteiger partial charge in [0.25, 0.3) is 0 Å². The Balaban J connectivity index is 2.15. The number of ether oxygens (including phenoxy) is 2. The van der Waals surface area contributed by atoms with Crippen molar-refractivity contribution in [2.75, 3.05) is 13.2 Å². The second kappa shape index (κ2) is 5.23. The van der Waals surface area contributed by atoms with Crippen LogP contribution in [0, 0.1) is 0 Å². The lowest BCUT2D eigenvalue weighted by Crippen LogP contribution is -2.25. The maximum atomic E-state index is 11.1. The Morgan fingerprint density at radius 2 is 1.93 bits per heavy atom. The Hall–Kier alpha value is -0.940. The Morgan fingerprint density at radius 3 is 2.47 bits per heavy atom. The van der Waals surface area contributed by atoms with Gasteiger partial charge in [-0.05, 0) is 13.3 Å². The molecule has 5 heteroatoms. The minimum atomic E-state index is -1.07. The molecule has 0 aromatic rings. The number of rotatable bonds is 6. The van der Waals surface area contributed by atoms with Gasteiger partial charge in [0.05, 0.1) is 13.2 Å². The molecule has 0 spiro atoms. The zero-order chi connectivity index (χ0) is 11.3. The van der Waals surface area contributed by atoms with E-state index < -0.39 is 18.2 Å². The molecule has 1 rings (SSSR count). The number of hydrogen-bond acceptors (Lipinski definition) is 4. The van der Waals surface area contributed by atoms with E-state index in [9.17, 15) is 9.59 Å². The zero-order valence-corrected chi connectivity index (χ0v) is 8.82. The standard InChI is InChI=1S/C10H16O5/c1-10(14-5-6-15-10)4-2-3-8(11)7-9(12)13/h2-7H2,1H3,(H,12,13). The molecule has 0 saturated carbocycles. The van der Waals surface area contributed by atoms with Crippen LogP contribution in [0.3, 0.4) is 0 Å². The van der Waals surface area contributed by atoms with E-state index in [1.807, 2.05) is 6.92 Å². The smallest absolute Gasteiger partial charge is 0.310 e. The minimum absolute atomic E-state index is 0.246. The normalized spacial score (nSPS) is 19.0. The highest BCUT2D eigenvalue weighted by atomic mass is 16.7. The Morgan fingerprint density at radius 1 is 1.33 bits per heavy atom. The van der Waals surface area contributed by atoms with Crippen molar-refractivity contribution >= 4 is 11.8 Å². The predicted molar refractivity (Wildman–Crippen MR) is 51.4 cm³/mol. The van der Waals surface area contributed by atoms with Crippen LogP contribution in [0.4, 0.5) is 0 Å². The molecule has 0 radical (unpaired) electrons. The van der Waals surface area contributed by atoms with Crippen molar-refractivity contribution in [2.45, 2.75) is 38.4 Å². The van der Waals surface area contributed by atoms with E-state index in [1.165, 1.54) is 0 Å². The first-order valence-corrected chi connectivity index (χ1v) is 5.03. The molecular formula is C10H16O5. The minimum Gasteiger partial charge on any atom is -0.481 e. The quantitative estimate of drug-likeness (QED) is 0.669. The summed E-state index contributed by atoms with van der Waals surface area (Å²) in [6.45, 7) is 3.00. The van der Waals surface area contributed by atoms with Gasteiger partial charge >= 0.3 is 5.97 Å². The third kappa shape index (κ3) is 4.40. The van der Waals surface area contributed by atoms with Gasteiger partial charge < -0.3 is 14.6 Å². The number of carbonyl (C=O) groups excluding carboxylic acids is 1. The van der Waals surface area contributed by atoms with Crippen LogP contribution in [0.25, 0.3) is 0 Å². The number of Topliss-reactive ketones (excluding diaryl/α,β-unsaturated/α-hetero) is 1. The van der Waals surface area contributed by atoms with Crippen LogP contribution in [-0.4, -0.2) is 35.9 Å². The van der Waals surface area contributed by atoms with Gasteiger partial charge in [0.2, 0.25) is 0 Å². The Labute approximate surface area is 88.4 Å². The number of ketones is 1. The Bertz CT molecular complexity index is 242. The van der Waals surface area contributed by atoms with Gasteiger partial charge in [0.1, 0.15) is 12.2 Å². The van der Waals surface area contributed by atoms with Gasteiger partial charge in [-0.2, -0.15) is 0 Å². The van der Waals surface area contributed by atoms with E-state index in [2.05, 4.69) is 0 Å². The van der Waals surface area contributed by atoms with Gasteiger partial charge in [0.15, 0.2) is 5.79 Å². The van der Waals surface area contributed by atoms with E-state index in [0.29, 0.717) is 26.1 Å². The maximum absolute atomic E-state index is 11.1. The number of carboxylic acid groups (broad SMARTS) is 1. The molecule has 0 atom stereocenters. The van der Waals surface area contributed by atoms with Gasteiger partial charge in [-0.15, -0.1) is 0 Å². The topological polar surface area (TPSA) is 72.8 Å². The molecule has 1 N–H and O–H groups in total. The summed E-state index contributed by atoms with van der Waals surface area (Å²) in [5.41, 5.74) is 0. The molecule has 0 aromatic heterocycles. The van der Waals surface area contributed by atoms with E-state index in [-0.39, 0.29) is 12.2 Å². The molecule has 0 aliphatic carbocycles. The lowest BCUT2D eigenvalue weighted by atomic mass is 10.1. The molecular weight excluding hydrogens is 200 g/mol. The predicted octanol–water partition coefficient (Wildman–Crippen LogP) is 0.964. The maximum Gasteiger partial charge on any atom is 0.310 e. The number of aliphatic carboxylic acids is 1. The first-order valence-electron chi connectivity index (χ1n) is 5.03. The molecule has 0 unspecified atom stereocenters. The first kappa shape index (κ1) is 12.1. The van der Waals surface area contributed by atoms with Crippen LogP contribution < -0.4 is 0 Å². The molecule has 1 aliphatic rings. The Kier molecular flexibility index (Phi) is 4.23. The van der Waals surface area contributed by atoms with E-state index in [0.717, 1.165) is 0 Å². The third-order valence-electron chi connectivity index (χ3n) is 2.33. The average Bonchev–Trinajstić information content (AvgIpc) is 2.51. The summed E-state index contributed by atoms with van der Waals surface area (Å²) in [6.07, 6.45) is 1.11. The molecule has 15 heavy (non-hydrogen) atoms. The summed E-state index contributed by atoms with van der Waals surface area (Å²) in [5, 5.41) is 8.38. The summed E-state index contributed by atoms with van der Waals surface area (Å²) in [5.74, 6) is -1.90. The molecule has 0 amide bonds. The summed E-state index contributed by atoms with van der Waals surface area (Å²) in [6, 6.07) is 0. The highest BCUT2D eigenvalue weighted by Crippen LogP contribution is 2.24. The van der Waals surface area contributed by atoms with Crippen molar-refractivity contribution in [3.05, 3.63) is 0 Å². The second-order valence-corrected chi connectivity index (χ2v) is 3.79. The molecule has 0 aromatic carbocycles. The van der Waals surface area contributed by atoms with E-state index in [4.69, 9.17) is 14.6 Å². The fraction of sp³-hybridized carbons (Fsp3) is 0.800. The van der Waals surface area contributed by atoms with Crippen LogP contribution in [0.1, 0.15) is 32.6 Å².